The van der Waals surface area contributed by atoms with E-state index in [2.05, 4.69) is 31.3 Å². The van der Waals surface area contributed by atoms with Crippen LogP contribution in [0.25, 0.3) is 0 Å². The lowest BCUT2D eigenvalue weighted by Crippen LogP contribution is -2.45. The highest BCUT2D eigenvalue weighted by atomic mass is 31.2. The number of phosphoric ester groups is 1. The van der Waals surface area contributed by atoms with Gasteiger partial charge in [0.15, 0.2) is 0 Å². The Kier molecular flexibility index (Phi) is 63.7. The van der Waals surface area contributed by atoms with E-state index in [-0.39, 0.29) is 19.1 Å². The second-order valence-electron chi connectivity index (χ2n) is 26.7. The van der Waals surface area contributed by atoms with Crippen molar-refractivity contribution in [2.45, 2.75) is 398 Å². The Morgan fingerprint density at radius 2 is 0.671 bits per heavy atom. The van der Waals surface area contributed by atoms with Gasteiger partial charge in [0, 0.05) is 6.42 Å². The van der Waals surface area contributed by atoms with Crippen molar-refractivity contribution in [3.8, 4) is 0 Å². The fourth-order valence-corrected chi connectivity index (χ4v) is 12.2. The first-order chi connectivity index (χ1) is 40.0. The topological polar surface area (TPSA) is 108 Å². The Balaban J connectivity index is 4.01. The molecule has 0 bridgehead atoms. The maximum absolute atomic E-state index is 13.1. The number of nitrogens with one attached hydrogen (secondary N) is 1. The SMILES string of the molecule is CCCCCCCCCC/C=C\CCCCCCCCCCCCCCCCCCCCCC(=O)NC(COP(=O)([O-])OCC[N+](C)(C)C)C(O)/C=C/CCCCCCCCCCCCCCCCCCCCCCCCCCCCC. The van der Waals surface area contributed by atoms with Gasteiger partial charge in [-0.3, -0.25) is 9.36 Å². The van der Waals surface area contributed by atoms with Crippen LogP contribution < -0.4 is 10.2 Å². The Bertz CT molecular complexity index is 1390. The van der Waals surface area contributed by atoms with Crippen molar-refractivity contribution in [1.29, 1.82) is 0 Å². The molecule has 0 spiro atoms. The summed E-state index contributed by atoms with van der Waals surface area (Å²) in [5, 5.41) is 14.0. The quantitative estimate of drug-likeness (QED) is 0.0272. The maximum atomic E-state index is 13.1. The first-order valence-electron chi connectivity index (χ1n) is 36.7. The molecule has 8 nitrogen and oxygen atoms in total. The first-order valence-corrected chi connectivity index (χ1v) is 38.2. The summed E-state index contributed by atoms with van der Waals surface area (Å²) in [4.78, 5) is 25.7. The van der Waals surface area contributed by atoms with Crippen LogP contribution >= 0.6 is 7.82 Å². The fourth-order valence-electron chi connectivity index (χ4n) is 11.4. The summed E-state index contributed by atoms with van der Waals surface area (Å²) in [6.45, 7) is 4.72. The molecule has 2 N–H and O–H groups in total. The highest BCUT2D eigenvalue weighted by Gasteiger charge is 2.23. The molecule has 3 unspecified atom stereocenters. The van der Waals surface area contributed by atoms with Gasteiger partial charge in [-0.05, 0) is 44.9 Å². The molecule has 0 saturated carbocycles. The number of amides is 1. The number of carbonyl (C=O) groups excluding carboxylic acids is 1. The predicted molar refractivity (Wildman–Crippen MR) is 358 cm³/mol. The molecule has 0 aromatic heterocycles. The monoisotopic (exact) mass is 1180 g/mol. The minimum Gasteiger partial charge on any atom is -0.756 e. The predicted octanol–water partition coefficient (Wildman–Crippen LogP) is 22.8. The van der Waals surface area contributed by atoms with Crippen molar-refractivity contribution in [3.05, 3.63) is 24.3 Å². The Morgan fingerprint density at radius 1 is 0.415 bits per heavy atom. The average molecular weight is 1180 g/mol. The molecule has 82 heavy (non-hydrogen) atoms. The fraction of sp³-hybridized carbons (Fsp3) is 0.932. The number of quaternary nitrogens is 1. The second-order valence-corrected chi connectivity index (χ2v) is 28.1. The number of phosphoric acid groups is 1. The van der Waals surface area contributed by atoms with E-state index in [1.165, 1.54) is 327 Å². The minimum atomic E-state index is -4.60. The lowest BCUT2D eigenvalue weighted by molar-refractivity contribution is -0.870. The van der Waals surface area contributed by atoms with E-state index in [1.807, 2.05) is 27.2 Å². The van der Waals surface area contributed by atoms with Crippen molar-refractivity contribution in [2.24, 2.45) is 0 Å². The van der Waals surface area contributed by atoms with Gasteiger partial charge in [-0.2, -0.15) is 0 Å². The third-order valence-electron chi connectivity index (χ3n) is 17.2. The molecular weight excluding hydrogens is 1030 g/mol. The molecule has 0 heterocycles. The molecule has 0 aliphatic heterocycles. The van der Waals surface area contributed by atoms with Gasteiger partial charge in [-0.1, -0.05) is 359 Å². The molecule has 3 atom stereocenters. The first kappa shape index (κ1) is 81.0. The van der Waals surface area contributed by atoms with E-state index < -0.39 is 20.0 Å². The van der Waals surface area contributed by atoms with E-state index in [1.54, 1.807) is 6.08 Å². The lowest BCUT2D eigenvalue weighted by atomic mass is 10.0. The van der Waals surface area contributed by atoms with Crippen LogP contribution in [0.1, 0.15) is 386 Å². The van der Waals surface area contributed by atoms with E-state index >= 15 is 0 Å². The molecule has 1 amide bonds. The van der Waals surface area contributed by atoms with Crippen LogP contribution in [-0.2, 0) is 18.4 Å². The molecule has 0 radical (unpaired) electrons. The molecule has 0 aromatic carbocycles. The van der Waals surface area contributed by atoms with Gasteiger partial charge in [-0.15, -0.1) is 0 Å². The number of hydrogen-bond acceptors (Lipinski definition) is 6. The number of allylic oxidation sites excluding steroid dienone is 3. The summed E-state index contributed by atoms with van der Waals surface area (Å²) >= 11 is 0. The normalized spacial score (nSPS) is 13.7. The number of rotatable bonds is 69. The third kappa shape index (κ3) is 66.5. The summed E-state index contributed by atoms with van der Waals surface area (Å²) in [6, 6.07) is -0.886. The average Bonchev–Trinajstić information content (AvgIpc) is 3.47. The number of aliphatic hydroxyl groups is 1. The van der Waals surface area contributed by atoms with Crippen LogP contribution in [0.15, 0.2) is 24.3 Å². The summed E-state index contributed by atoms with van der Waals surface area (Å²) < 4.78 is 23.5. The van der Waals surface area contributed by atoms with E-state index in [4.69, 9.17) is 9.05 Å². The zero-order valence-corrected chi connectivity index (χ0v) is 56.9. The molecule has 0 saturated heterocycles. The lowest BCUT2D eigenvalue weighted by Gasteiger charge is -2.29. The Hall–Kier alpha value is -1.02. The number of carbonyl (C=O) groups is 1. The van der Waals surface area contributed by atoms with E-state index in [0.29, 0.717) is 17.4 Å². The molecule has 0 rings (SSSR count). The molecule has 0 aliphatic rings. The number of unbranched alkanes of at least 4 members (excludes halogenated alkanes) is 54. The number of likely N-dealkylation sites (N-methyl/N-ethyl adjacent to an activating group) is 1. The molecular formula is C73H145N2O6P. The third-order valence-corrected chi connectivity index (χ3v) is 18.1. The summed E-state index contributed by atoms with van der Waals surface area (Å²) in [7, 11) is 1.28. The Morgan fingerprint density at radius 3 is 0.951 bits per heavy atom. The van der Waals surface area contributed by atoms with Gasteiger partial charge in [0.05, 0.1) is 39.9 Å². The van der Waals surface area contributed by atoms with Gasteiger partial charge in [-0.25, -0.2) is 0 Å². The summed E-state index contributed by atoms with van der Waals surface area (Å²) in [6.07, 6.45) is 84.6. The van der Waals surface area contributed by atoms with Crippen LogP contribution in [-0.4, -0.2) is 68.5 Å². The number of nitrogens with zero attached hydrogens (tertiary/aromatic N) is 1. The molecule has 9 heteroatoms. The molecule has 0 fully saturated rings. The minimum absolute atomic E-state index is 0.00201. The van der Waals surface area contributed by atoms with Crippen molar-refractivity contribution in [3.63, 3.8) is 0 Å². The largest absolute Gasteiger partial charge is 0.756 e. The van der Waals surface area contributed by atoms with Gasteiger partial charge in [0.2, 0.25) is 5.91 Å². The zero-order valence-electron chi connectivity index (χ0n) is 56.0. The highest BCUT2D eigenvalue weighted by Crippen LogP contribution is 2.38. The van der Waals surface area contributed by atoms with Crippen LogP contribution in [0.2, 0.25) is 0 Å². The van der Waals surface area contributed by atoms with Crippen LogP contribution in [0.3, 0.4) is 0 Å². The highest BCUT2D eigenvalue weighted by molar-refractivity contribution is 7.45. The van der Waals surface area contributed by atoms with Crippen LogP contribution in [0.4, 0.5) is 0 Å². The number of hydrogen-bond donors (Lipinski definition) is 2. The molecule has 488 valence electrons. The molecule has 0 aliphatic carbocycles. The van der Waals surface area contributed by atoms with Gasteiger partial charge in [0.1, 0.15) is 13.2 Å². The maximum Gasteiger partial charge on any atom is 0.268 e. The molecule has 0 aromatic rings. The standard InChI is InChI=1S/C73H145N2O6P/c1-6-8-10-12-14-16-18-20-22-24-26-28-30-32-34-36-37-39-41-43-45-47-49-51-53-55-57-59-61-63-65-67-73(77)74-71(70-81-82(78,79)80-69-68-75(3,4)5)72(76)66-64-62-60-58-56-54-52-50-48-46-44-42-40-38-35-33-31-29-27-25-23-21-19-17-15-13-11-9-7-2/h24,26,64,66,71-72,76H,6-23,25,27-63,65,67-70H2,1-5H3,(H-,74,77,78,79)/b26-24-,66-64+. The van der Waals surface area contributed by atoms with Gasteiger partial charge >= 0.3 is 0 Å². The van der Waals surface area contributed by atoms with Crippen molar-refractivity contribution < 1.29 is 32.9 Å². The Labute approximate surface area is 513 Å². The van der Waals surface area contributed by atoms with Crippen molar-refractivity contribution >= 4 is 13.7 Å². The zero-order chi connectivity index (χ0) is 59.8. The van der Waals surface area contributed by atoms with Crippen LogP contribution in [0, 0.1) is 0 Å². The summed E-state index contributed by atoms with van der Waals surface area (Å²) in [5.41, 5.74) is 0. The summed E-state index contributed by atoms with van der Waals surface area (Å²) in [5.74, 6) is -0.188. The van der Waals surface area contributed by atoms with Gasteiger partial charge in [0.25, 0.3) is 7.82 Å². The van der Waals surface area contributed by atoms with E-state index in [0.717, 1.165) is 38.5 Å². The van der Waals surface area contributed by atoms with Gasteiger partial charge < -0.3 is 28.8 Å². The number of aliphatic hydroxyl groups excluding tert-OH is 1. The second kappa shape index (κ2) is 64.5. The van der Waals surface area contributed by atoms with E-state index in [9.17, 15) is 19.4 Å². The van der Waals surface area contributed by atoms with Crippen molar-refractivity contribution in [1.82, 2.24) is 5.32 Å². The smallest absolute Gasteiger partial charge is 0.268 e. The van der Waals surface area contributed by atoms with Crippen LogP contribution in [0.5, 0.6) is 0 Å². The van der Waals surface area contributed by atoms with Crippen molar-refractivity contribution in [2.75, 3.05) is 40.9 Å².